The molecule has 10 heteroatoms. The predicted molar refractivity (Wildman–Crippen MR) is 178 cm³/mol. The smallest absolute Gasteiger partial charge is 0.314 e. The number of amides is 3. The zero-order valence-corrected chi connectivity index (χ0v) is 27.5. The number of nitrogens with one attached hydrogen (secondary N) is 2. The van der Waals surface area contributed by atoms with E-state index in [4.69, 9.17) is 22.1 Å². The minimum atomic E-state index is -0.384. The van der Waals surface area contributed by atoms with E-state index in [-0.39, 0.29) is 29.8 Å². The molecule has 4 N–H and O–H groups in total. The predicted octanol–water partition coefficient (Wildman–Crippen LogP) is 7.09. The van der Waals surface area contributed by atoms with E-state index in [9.17, 15) is 14.0 Å². The molecule has 3 amide bonds. The highest BCUT2D eigenvalue weighted by Gasteiger charge is 2.22. The third kappa shape index (κ3) is 12.8. The molecule has 1 aliphatic rings. The lowest BCUT2D eigenvalue weighted by atomic mass is 9.92. The van der Waals surface area contributed by atoms with Crippen LogP contribution in [0.3, 0.4) is 0 Å². The second-order valence-electron chi connectivity index (χ2n) is 11.0. The van der Waals surface area contributed by atoms with Gasteiger partial charge in [-0.05, 0) is 101 Å². The van der Waals surface area contributed by atoms with E-state index in [1.54, 1.807) is 17.0 Å². The number of anilines is 1. The van der Waals surface area contributed by atoms with Gasteiger partial charge in [0.05, 0.1) is 0 Å². The van der Waals surface area contributed by atoms with Crippen molar-refractivity contribution >= 4 is 29.2 Å². The molecule has 1 aliphatic heterocycles. The second kappa shape index (κ2) is 18.8. The molecule has 1 atom stereocenters. The molecule has 0 radical (unpaired) electrons. The fourth-order valence-electron chi connectivity index (χ4n) is 4.66. The first-order valence-corrected chi connectivity index (χ1v) is 15.2. The van der Waals surface area contributed by atoms with Gasteiger partial charge in [-0.2, -0.15) is 0 Å². The minimum absolute atomic E-state index is 0.0125. The molecule has 44 heavy (non-hydrogen) atoms. The molecule has 1 unspecified atom stereocenters. The second-order valence-corrected chi connectivity index (χ2v) is 11.4. The van der Waals surface area contributed by atoms with Gasteiger partial charge in [-0.25, -0.2) is 9.18 Å². The summed E-state index contributed by atoms with van der Waals surface area (Å²) in [5, 5.41) is 6.85. The number of rotatable bonds is 11. The monoisotopic (exact) mass is 627 g/mol. The van der Waals surface area contributed by atoms with Gasteiger partial charge in [0.15, 0.2) is 0 Å². The van der Waals surface area contributed by atoms with Crippen molar-refractivity contribution in [1.29, 1.82) is 0 Å². The number of carbonyl (C=O) groups excluding carboxylic acids is 2. The number of hydrogen-bond acceptors (Lipinski definition) is 5. The number of likely N-dealkylation sites (tertiary alicyclic amines) is 1. The van der Waals surface area contributed by atoms with Crippen LogP contribution in [0.5, 0.6) is 5.75 Å². The summed E-state index contributed by atoms with van der Waals surface area (Å²) in [6.45, 7) is 10.0. The Bertz CT molecular complexity index is 1300. The van der Waals surface area contributed by atoms with E-state index in [1.165, 1.54) is 12.1 Å². The molecule has 1 heterocycles. The first-order chi connectivity index (χ1) is 20.9. The van der Waals surface area contributed by atoms with Crippen LogP contribution in [0.4, 0.5) is 14.9 Å². The molecule has 8 nitrogen and oxygen atoms in total. The van der Waals surface area contributed by atoms with Crippen molar-refractivity contribution in [2.75, 3.05) is 32.5 Å². The highest BCUT2D eigenvalue weighted by Crippen LogP contribution is 2.25. The zero-order chi connectivity index (χ0) is 32.6. The fourth-order valence-corrected chi connectivity index (χ4v) is 4.84. The normalized spacial score (nSPS) is 15.1. The van der Waals surface area contributed by atoms with Crippen molar-refractivity contribution in [2.45, 2.75) is 59.6 Å². The lowest BCUT2D eigenvalue weighted by Gasteiger charge is -2.30. The molecule has 3 rings (SSSR count). The summed E-state index contributed by atoms with van der Waals surface area (Å²) in [6, 6.07) is 11.2. The van der Waals surface area contributed by atoms with Crippen LogP contribution in [-0.4, -0.2) is 55.0 Å². The molecular weight excluding hydrogens is 581 g/mol. The van der Waals surface area contributed by atoms with E-state index in [0.29, 0.717) is 30.3 Å². The number of urea groups is 1. The molecule has 0 aliphatic carbocycles. The zero-order valence-electron chi connectivity index (χ0n) is 26.7. The van der Waals surface area contributed by atoms with Crippen LogP contribution in [0.2, 0.25) is 5.02 Å². The van der Waals surface area contributed by atoms with E-state index in [2.05, 4.69) is 30.6 Å². The van der Waals surface area contributed by atoms with Crippen molar-refractivity contribution in [3.05, 3.63) is 94.6 Å². The maximum absolute atomic E-state index is 12.7. The van der Waals surface area contributed by atoms with Gasteiger partial charge in [0, 0.05) is 55.8 Å². The van der Waals surface area contributed by atoms with Crippen molar-refractivity contribution in [2.24, 2.45) is 11.7 Å². The first kappa shape index (κ1) is 36.4. The third-order valence-corrected chi connectivity index (χ3v) is 7.47. The van der Waals surface area contributed by atoms with Crippen LogP contribution in [0.25, 0.3) is 0 Å². The van der Waals surface area contributed by atoms with Gasteiger partial charge in [0.2, 0.25) is 5.91 Å². The van der Waals surface area contributed by atoms with Gasteiger partial charge in [-0.1, -0.05) is 36.2 Å². The maximum Gasteiger partial charge on any atom is 0.314 e. The minimum Gasteiger partial charge on any atom is -0.490 e. The van der Waals surface area contributed by atoms with Crippen molar-refractivity contribution in [3.8, 4) is 5.75 Å². The Morgan fingerprint density at radius 1 is 1.16 bits per heavy atom. The van der Waals surface area contributed by atoms with Crippen molar-refractivity contribution in [3.63, 3.8) is 0 Å². The number of benzene rings is 2. The molecule has 240 valence electrons. The Balaban J connectivity index is 0.000000338. The summed E-state index contributed by atoms with van der Waals surface area (Å²) in [6.07, 6.45) is 9.80. The topological polar surface area (TPSA) is 99.9 Å². The number of primary amides is 1. The number of halogens is 2. The standard InChI is InChI=1S/C22H32ClN3O.C12H15FN2O2/c1-7-11-24-14-20(16(3)8-2)17(4)12-22(27)25-19-9-10-21(23)18(13-19)15-26(5)6;13-9-1-3-10(4-2-9)17-11-5-7-15(8-6-11)12(14)16/h7-11,13-14,17,24H,12,15H2,1-6H3,(H,25,27);1-4,11H,5-8H2,(H2,14,16)/b11-7+,16-8+,20-14+;. The fraction of sp³-hybridized carbons (Fsp3) is 0.412. The van der Waals surface area contributed by atoms with Crippen molar-refractivity contribution in [1.82, 2.24) is 15.1 Å². The molecule has 0 bridgehead atoms. The van der Waals surface area contributed by atoms with Gasteiger partial charge in [-0.3, -0.25) is 4.79 Å². The molecule has 2 aromatic carbocycles. The number of nitrogens with zero attached hydrogens (tertiary/aromatic N) is 2. The van der Waals surface area contributed by atoms with Crippen LogP contribution in [0, 0.1) is 11.7 Å². The van der Waals surface area contributed by atoms with Gasteiger partial charge >= 0.3 is 6.03 Å². The van der Waals surface area contributed by atoms with Crippen LogP contribution in [0.15, 0.2) is 78.2 Å². The van der Waals surface area contributed by atoms with Gasteiger partial charge < -0.3 is 30.9 Å². The van der Waals surface area contributed by atoms with Crippen molar-refractivity contribution < 1.29 is 18.7 Å². The average molecular weight is 628 g/mol. The number of carbonyl (C=O) groups is 2. The summed E-state index contributed by atoms with van der Waals surface area (Å²) < 4.78 is 18.4. The summed E-state index contributed by atoms with van der Waals surface area (Å²) in [4.78, 5) is 27.1. The first-order valence-electron chi connectivity index (χ1n) is 14.8. The van der Waals surface area contributed by atoms with E-state index in [1.807, 2.05) is 69.5 Å². The molecule has 0 saturated carbocycles. The quantitative estimate of drug-likeness (QED) is 0.231. The lowest BCUT2D eigenvalue weighted by molar-refractivity contribution is -0.116. The molecular formula is C34H47ClFN5O3. The van der Waals surface area contributed by atoms with Crippen LogP contribution in [0.1, 0.15) is 52.5 Å². The number of hydrogen-bond donors (Lipinski definition) is 3. The molecule has 0 aromatic heterocycles. The number of piperidine rings is 1. The number of nitrogens with two attached hydrogens (primary N) is 1. The largest absolute Gasteiger partial charge is 0.490 e. The number of ether oxygens (including phenoxy) is 1. The maximum atomic E-state index is 12.7. The molecule has 0 spiro atoms. The molecule has 1 fully saturated rings. The molecule has 2 aromatic rings. The highest BCUT2D eigenvalue weighted by atomic mass is 35.5. The Labute approximate surface area is 266 Å². The third-order valence-electron chi connectivity index (χ3n) is 7.10. The average Bonchev–Trinajstić information content (AvgIpc) is 2.98. The molecule has 1 saturated heterocycles. The van der Waals surface area contributed by atoms with Gasteiger partial charge in [-0.15, -0.1) is 0 Å². The Morgan fingerprint density at radius 3 is 2.39 bits per heavy atom. The van der Waals surface area contributed by atoms with Crippen LogP contribution in [-0.2, 0) is 11.3 Å². The summed E-state index contributed by atoms with van der Waals surface area (Å²) in [5.74, 6) is 0.457. The Kier molecular flexibility index (Phi) is 15.5. The lowest BCUT2D eigenvalue weighted by Crippen LogP contribution is -2.44. The van der Waals surface area contributed by atoms with Gasteiger partial charge in [0.25, 0.3) is 0 Å². The van der Waals surface area contributed by atoms with Crippen LogP contribution >= 0.6 is 11.6 Å². The summed E-state index contributed by atoms with van der Waals surface area (Å²) >= 11 is 6.25. The summed E-state index contributed by atoms with van der Waals surface area (Å²) in [5.41, 5.74) is 9.23. The van der Waals surface area contributed by atoms with Gasteiger partial charge in [0.1, 0.15) is 17.7 Å². The highest BCUT2D eigenvalue weighted by molar-refractivity contribution is 6.31. The number of allylic oxidation sites excluding steroid dienone is 4. The summed E-state index contributed by atoms with van der Waals surface area (Å²) in [7, 11) is 3.98. The Morgan fingerprint density at radius 2 is 1.82 bits per heavy atom. The van der Waals surface area contributed by atoms with E-state index >= 15 is 0 Å². The Hall–Kier alpha value is -3.82. The van der Waals surface area contributed by atoms with E-state index in [0.717, 1.165) is 41.8 Å². The van der Waals surface area contributed by atoms with Crippen LogP contribution < -0.4 is 21.1 Å². The SMILES string of the molecule is C/C=C/N/C=C(\C(C)=C\C)C(C)CC(=O)Nc1ccc(Cl)c(CN(C)C)c1.NC(=O)N1CCC(Oc2ccc(F)cc2)CC1. The van der Waals surface area contributed by atoms with E-state index < -0.39 is 0 Å².